The molecule has 32 heavy (non-hydrogen) atoms. The van der Waals surface area contributed by atoms with Gasteiger partial charge in [-0.05, 0) is 78.0 Å². The van der Waals surface area contributed by atoms with Gasteiger partial charge < -0.3 is 9.32 Å². The fourth-order valence-corrected chi connectivity index (χ4v) is 6.67. The van der Waals surface area contributed by atoms with E-state index < -0.39 is 0 Å². The van der Waals surface area contributed by atoms with Gasteiger partial charge in [0.2, 0.25) is 0 Å². The molecule has 1 aromatic heterocycles. The van der Waals surface area contributed by atoms with Gasteiger partial charge in [-0.1, -0.05) is 39.8 Å². The Morgan fingerprint density at radius 3 is 2.19 bits per heavy atom. The van der Waals surface area contributed by atoms with Gasteiger partial charge in [-0.3, -0.25) is 4.90 Å². The Morgan fingerprint density at radius 1 is 0.906 bits per heavy atom. The van der Waals surface area contributed by atoms with Gasteiger partial charge in [0.25, 0.3) is 0 Å². The molecule has 1 aromatic carbocycles. The van der Waals surface area contributed by atoms with Gasteiger partial charge in [0, 0.05) is 44.0 Å². The van der Waals surface area contributed by atoms with Gasteiger partial charge in [0.05, 0.1) is 12.5 Å². The van der Waals surface area contributed by atoms with E-state index in [0.717, 1.165) is 19.0 Å². The maximum Gasteiger partial charge on any atom is 0.0980 e. The molecule has 3 nitrogen and oxygen atoms in total. The summed E-state index contributed by atoms with van der Waals surface area (Å²) >= 11 is 0. The van der Waals surface area contributed by atoms with Crippen LogP contribution in [-0.2, 0) is 0 Å². The maximum atomic E-state index is 5.39. The summed E-state index contributed by atoms with van der Waals surface area (Å²) in [6, 6.07) is 9.29. The van der Waals surface area contributed by atoms with Crippen LogP contribution < -0.4 is 4.90 Å². The molecule has 3 fully saturated rings. The second-order valence-electron chi connectivity index (χ2n) is 12.1. The lowest BCUT2D eigenvalue weighted by molar-refractivity contribution is 0.0970. The number of nitrogens with zero attached hydrogens (tertiary/aromatic N) is 2. The molecule has 1 saturated heterocycles. The zero-order chi connectivity index (χ0) is 21.6. The van der Waals surface area contributed by atoms with Crippen molar-refractivity contribution in [3.63, 3.8) is 0 Å². The van der Waals surface area contributed by atoms with E-state index >= 15 is 0 Å². The second-order valence-corrected chi connectivity index (χ2v) is 12.1. The Labute approximate surface area is 201 Å². The van der Waals surface area contributed by atoms with Crippen LogP contribution in [0.15, 0.2) is 41.2 Å². The van der Waals surface area contributed by atoms with E-state index in [-0.39, 0.29) is 12.4 Å². The minimum Gasteiger partial charge on any atom is -0.472 e. The largest absolute Gasteiger partial charge is 0.472 e. The minimum absolute atomic E-state index is 0. The molecule has 0 atom stereocenters. The zero-order valence-corrected chi connectivity index (χ0v) is 21.2. The Bertz CT molecular complexity index is 876. The van der Waals surface area contributed by atoms with Gasteiger partial charge in [-0.15, -0.1) is 12.4 Å². The highest BCUT2D eigenvalue weighted by Gasteiger charge is 2.40. The van der Waals surface area contributed by atoms with Crippen molar-refractivity contribution in [3.8, 4) is 11.1 Å². The highest BCUT2D eigenvalue weighted by atomic mass is 35.5. The highest BCUT2D eigenvalue weighted by molar-refractivity contribution is 5.85. The molecule has 0 spiro atoms. The molecule has 2 aromatic rings. The first-order valence-electron chi connectivity index (χ1n) is 12.4. The summed E-state index contributed by atoms with van der Waals surface area (Å²) in [5.74, 6) is 1.62. The summed E-state index contributed by atoms with van der Waals surface area (Å²) in [6.07, 6.45) is 10.4. The summed E-state index contributed by atoms with van der Waals surface area (Å²) in [5, 5.41) is 0. The standard InChI is InChI=1S/C28H40N2O.ClH/c1-27(2)16-24(17-28(3,4)20-27)25-8-7-22(23-9-14-31-19-23)15-26(25)30-12-10-29(11-13-30)18-21-5-6-21;/h7-9,14-15,19,21,24H,5-6,10-13,16-18,20H2,1-4H3;1H. The predicted molar refractivity (Wildman–Crippen MR) is 137 cm³/mol. The Hall–Kier alpha value is -1.45. The molecule has 2 heterocycles. The van der Waals surface area contributed by atoms with Crippen LogP contribution >= 0.6 is 12.4 Å². The normalized spacial score (nSPS) is 23.7. The third-order valence-electron chi connectivity index (χ3n) is 7.81. The van der Waals surface area contributed by atoms with Crippen molar-refractivity contribution < 1.29 is 4.42 Å². The van der Waals surface area contributed by atoms with Crippen LogP contribution in [0.4, 0.5) is 5.69 Å². The van der Waals surface area contributed by atoms with Crippen LogP contribution in [0.1, 0.15) is 71.3 Å². The lowest BCUT2D eigenvalue weighted by Gasteiger charge is -2.46. The topological polar surface area (TPSA) is 19.6 Å². The smallest absolute Gasteiger partial charge is 0.0980 e. The predicted octanol–water partition coefficient (Wildman–Crippen LogP) is 7.22. The summed E-state index contributed by atoms with van der Waals surface area (Å²) in [6.45, 7) is 15.9. The maximum absolute atomic E-state index is 5.39. The van der Waals surface area contributed by atoms with Crippen LogP contribution in [0.5, 0.6) is 0 Å². The van der Waals surface area contributed by atoms with Crippen molar-refractivity contribution in [2.24, 2.45) is 16.7 Å². The van der Waals surface area contributed by atoms with E-state index in [1.165, 1.54) is 68.6 Å². The van der Waals surface area contributed by atoms with Crippen LogP contribution in [0, 0.1) is 16.7 Å². The molecule has 1 aliphatic heterocycles. The van der Waals surface area contributed by atoms with Crippen molar-refractivity contribution in [2.75, 3.05) is 37.6 Å². The second kappa shape index (κ2) is 9.06. The number of rotatable bonds is 5. The minimum atomic E-state index is 0. The zero-order valence-electron chi connectivity index (χ0n) is 20.4. The van der Waals surface area contributed by atoms with Gasteiger partial charge >= 0.3 is 0 Å². The van der Waals surface area contributed by atoms with Crippen molar-refractivity contribution in [3.05, 3.63) is 42.4 Å². The van der Waals surface area contributed by atoms with Crippen molar-refractivity contribution >= 4 is 18.1 Å². The molecule has 5 rings (SSSR count). The number of hydrogen-bond donors (Lipinski definition) is 0. The molecular weight excluding hydrogens is 416 g/mol. The van der Waals surface area contributed by atoms with Crippen molar-refractivity contribution in [1.82, 2.24) is 4.90 Å². The lowest BCUT2D eigenvalue weighted by Crippen LogP contribution is -2.47. The summed E-state index contributed by atoms with van der Waals surface area (Å²) in [4.78, 5) is 5.37. The first-order chi connectivity index (χ1) is 14.8. The van der Waals surface area contributed by atoms with Crippen LogP contribution in [0.2, 0.25) is 0 Å². The Kier molecular flexibility index (Phi) is 6.71. The highest BCUT2D eigenvalue weighted by Crippen LogP contribution is 2.53. The van der Waals surface area contributed by atoms with Gasteiger partial charge in [-0.2, -0.15) is 0 Å². The van der Waals surface area contributed by atoms with E-state index in [1.54, 1.807) is 11.8 Å². The average molecular weight is 457 g/mol. The molecule has 0 bridgehead atoms. The Morgan fingerprint density at radius 2 is 1.59 bits per heavy atom. The third-order valence-corrected chi connectivity index (χ3v) is 7.81. The fraction of sp³-hybridized carbons (Fsp3) is 0.643. The van der Waals surface area contributed by atoms with Crippen LogP contribution in [-0.4, -0.2) is 37.6 Å². The van der Waals surface area contributed by atoms with E-state index in [1.807, 2.05) is 6.26 Å². The van der Waals surface area contributed by atoms with Crippen molar-refractivity contribution in [1.29, 1.82) is 0 Å². The first-order valence-corrected chi connectivity index (χ1v) is 12.4. The molecule has 176 valence electrons. The van der Waals surface area contributed by atoms with E-state index in [0.29, 0.717) is 16.7 Å². The first kappa shape index (κ1) is 23.7. The summed E-state index contributed by atoms with van der Waals surface area (Å²) in [5.41, 5.74) is 6.31. The number of furan rings is 1. The quantitative estimate of drug-likeness (QED) is 0.473. The molecule has 3 aliphatic rings. The molecule has 4 heteroatoms. The molecule has 0 unspecified atom stereocenters. The van der Waals surface area contributed by atoms with Gasteiger partial charge in [0.1, 0.15) is 0 Å². The molecule has 0 amide bonds. The number of benzene rings is 1. The fourth-order valence-electron chi connectivity index (χ4n) is 6.67. The monoisotopic (exact) mass is 456 g/mol. The Balaban J connectivity index is 0.00000245. The SMILES string of the molecule is CC1(C)CC(c2ccc(-c3ccoc3)cc2N2CCN(CC3CC3)CC2)CC(C)(C)C1.Cl. The third kappa shape index (κ3) is 5.37. The average Bonchev–Trinajstić information content (AvgIpc) is 3.34. The van der Waals surface area contributed by atoms with E-state index in [2.05, 4.69) is 61.8 Å². The summed E-state index contributed by atoms with van der Waals surface area (Å²) in [7, 11) is 0. The van der Waals surface area contributed by atoms with E-state index in [4.69, 9.17) is 4.42 Å². The molecular formula is C28H41ClN2O. The number of hydrogen-bond acceptors (Lipinski definition) is 3. The van der Waals surface area contributed by atoms with Gasteiger partial charge in [0.15, 0.2) is 0 Å². The van der Waals surface area contributed by atoms with Crippen LogP contribution in [0.3, 0.4) is 0 Å². The number of piperazine rings is 1. The van der Waals surface area contributed by atoms with E-state index in [9.17, 15) is 0 Å². The molecule has 0 radical (unpaired) electrons. The van der Waals surface area contributed by atoms with Gasteiger partial charge in [-0.25, -0.2) is 0 Å². The number of halogens is 1. The van der Waals surface area contributed by atoms with Crippen molar-refractivity contribution in [2.45, 2.75) is 65.7 Å². The molecule has 2 aliphatic carbocycles. The lowest BCUT2D eigenvalue weighted by atomic mass is 9.60. The molecule has 2 saturated carbocycles. The molecule has 0 N–H and O–H groups in total. The summed E-state index contributed by atoms with van der Waals surface area (Å²) < 4.78 is 5.39. The number of anilines is 1. The van der Waals surface area contributed by atoms with Crippen LogP contribution in [0.25, 0.3) is 11.1 Å².